The molecular weight excluding hydrogens is 352 g/mol. The Kier molecular flexibility index (Phi) is 5.03. The van der Waals surface area contributed by atoms with Crippen molar-refractivity contribution in [1.82, 2.24) is 0 Å². The number of carbonyl (C=O) groups is 1. The molecular formula is C24H32O4. The van der Waals surface area contributed by atoms with Gasteiger partial charge in [0.15, 0.2) is 0 Å². The largest absolute Gasteiger partial charge is 0.497 e. The number of hydrogen-bond donors (Lipinski definition) is 2. The Balaban J connectivity index is 1.55. The minimum Gasteiger partial charge on any atom is -0.497 e. The lowest BCUT2D eigenvalue weighted by atomic mass is 9.53. The number of rotatable bonds is 5. The minimum atomic E-state index is -0.822. The monoisotopic (exact) mass is 384 g/mol. The van der Waals surface area contributed by atoms with Gasteiger partial charge in [-0.2, -0.15) is 0 Å². The molecule has 0 aromatic heterocycles. The number of aryl methyl sites for hydroxylation is 1. The van der Waals surface area contributed by atoms with Crippen molar-refractivity contribution in [3.63, 3.8) is 0 Å². The molecule has 0 radical (unpaired) electrons. The molecule has 28 heavy (non-hydrogen) atoms. The van der Waals surface area contributed by atoms with E-state index in [4.69, 9.17) is 9.84 Å². The fraction of sp³-hybridized carbons (Fsp3) is 0.625. The van der Waals surface area contributed by atoms with Gasteiger partial charge in [-0.05, 0) is 91.4 Å². The Bertz CT molecular complexity index is 785. The van der Waals surface area contributed by atoms with Crippen LogP contribution in [0.4, 0.5) is 0 Å². The maximum atomic E-state index is 11.5. The molecule has 2 N–H and O–H groups in total. The fourth-order valence-corrected chi connectivity index (χ4v) is 6.59. The van der Waals surface area contributed by atoms with E-state index in [0.717, 1.165) is 37.9 Å². The van der Waals surface area contributed by atoms with Gasteiger partial charge >= 0.3 is 5.97 Å². The van der Waals surface area contributed by atoms with E-state index in [1.165, 1.54) is 17.5 Å². The van der Waals surface area contributed by atoms with Crippen LogP contribution in [0.1, 0.15) is 68.9 Å². The molecule has 3 aliphatic carbocycles. The van der Waals surface area contributed by atoms with E-state index in [-0.39, 0.29) is 11.8 Å². The lowest BCUT2D eigenvalue weighted by molar-refractivity contribution is -0.136. The number of methoxy groups -OCH3 is 1. The van der Waals surface area contributed by atoms with E-state index in [9.17, 15) is 9.90 Å². The van der Waals surface area contributed by atoms with Gasteiger partial charge in [0.25, 0.3) is 0 Å². The highest BCUT2D eigenvalue weighted by atomic mass is 16.5. The number of carboxylic acid groups (broad SMARTS) is 1. The molecule has 0 amide bonds. The number of benzene rings is 1. The summed E-state index contributed by atoms with van der Waals surface area (Å²) >= 11 is 0. The van der Waals surface area contributed by atoms with Crippen molar-refractivity contribution in [2.75, 3.05) is 7.11 Å². The normalized spacial score (nSPS) is 36.6. The van der Waals surface area contributed by atoms with Crippen LogP contribution >= 0.6 is 0 Å². The Morgan fingerprint density at radius 1 is 1.25 bits per heavy atom. The highest BCUT2D eigenvalue weighted by Crippen LogP contribution is 2.65. The number of aliphatic carboxylic acids is 1. The fourth-order valence-electron chi connectivity index (χ4n) is 6.59. The molecule has 5 atom stereocenters. The zero-order chi connectivity index (χ0) is 19.9. The summed E-state index contributed by atoms with van der Waals surface area (Å²) in [6.45, 7) is 2.29. The molecule has 3 aliphatic rings. The van der Waals surface area contributed by atoms with Crippen LogP contribution in [-0.4, -0.2) is 28.9 Å². The Labute approximate surface area is 167 Å². The van der Waals surface area contributed by atoms with Gasteiger partial charge in [-0.25, -0.2) is 0 Å². The average Bonchev–Trinajstić information content (AvgIpc) is 2.95. The van der Waals surface area contributed by atoms with Gasteiger partial charge in [0.2, 0.25) is 0 Å². The van der Waals surface area contributed by atoms with Gasteiger partial charge in [-0.3, -0.25) is 4.79 Å². The number of fused-ring (bicyclic) bond motifs is 5. The third kappa shape index (κ3) is 3.06. The first-order valence-corrected chi connectivity index (χ1v) is 10.6. The second kappa shape index (κ2) is 7.22. The first-order chi connectivity index (χ1) is 13.4. The molecule has 1 aromatic carbocycles. The summed E-state index contributed by atoms with van der Waals surface area (Å²) in [6.07, 6.45) is 10.5. The first kappa shape index (κ1) is 19.5. The maximum absolute atomic E-state index is 11.5. The summed E-state index contributed by atoms with van der Waals surface area (Å²) in [5.41, 5.74) is 2.15. The number of aliphatic hydroxyl groups is 1. The molecule has 2 saturated carbocycles. The van der Waals surface area contributed by atoms with Crippen LogP contribution < -0.4 is 4.74 Å². The van der Waals surface area contributed by atoms with Crippen molar-refractivity contribution < 1.29 is 19.7 Å². The van der Waals surface area contributed by atoms with Crippen molar-refractivity contribution in [2.24, 2.45) is 17.3 Å². The van der Waals surface area contributed by atoms with E-state index in [2.05, 4.69) is 25.1 Å². The molecule has 0 heterocycles. The van der Waals surface area contributed by atoms with Crippen molar-refractivity contribution in [2.45, 2.75) is 69.8 Å². The van der Waals surface area contributed by atoms with Crippen LogP contribution in [0.25, 0.3) is 0 Å². The molecule has 1 aromatic rings. The topological polar surface area (TPSA) is 66.8 Å². The second-order valence-electron chi connectivity index (χ2n) is 9.28. The average molecular weight is 385 g/mol. The molecule has 0 bridgehead atoms. The zero-order valence-electron chi connectivity index (χ0n) is 17.0. The van der Waals surface area contributed by atoms with Crippen LogP contribution in [0.3, 0.4) is 0 Å². The third-order valence-corrected chi connectivity index (χ3v) is 8.17. The Hall–Kier alpha value is -1.81. The van der Waals surface area contributed by atoms with Crippen molar-refractivity contribution in [1.29, 1.82) is 0 Å². The van der Waals surface area contributed by atoms with Crippen molar-refractivity contribution in [3.05, 3.63) is 41.5 Å². The quantitative estimate of drug-likeness (QED) is 0.722. The van der Waals surface area contributed by atoms with Crippen LogP contribution in [-0.2, 0) is 11.2 Å². The highest BCUT2D eigenvalue weighted by Gasteiger charge is 2.60. The highest BCUT2D eigenvalue weighted by molar-refractivity contribution is 5.68. The molecule has 4 heteroatoms. The molecule has 4 nitrogen and oxygen atoms in total. The van der Waals surface area contributed by atoms with Gasteiger partial charge in [-0.1, -0.05) is 25.1 Å². The SMILES string of the molecule is COc1ccc2c(c1)CC[C@@H]1[C@@H]2CC[C@@]2(C)[C@H]1CC[C@@]2(O)C/C=C/CC(=O)O. The summed E-state index contributed by atoms with van der Waals surface area (Å²) in [5, 5.41) is 20.4. The van der Waals surface area contributed by atoms with E-state index >= 15 is 0 Å². The summed E-state index contributed by atoms with van der Waals surface area (Å²) in [6, 6.07) is 6.56. The van der Waals surface area contributed by atoms with E-state index < -0.39 is 11.6 Å². The molecule has 2 fully saturated rings. The van der Waals surface area contributed by atoms with Gasteiger partial charge in [0, 0.05) is 0 Å². The molecule has 0 aliphatic heterocycles. The zero-order valence-corrected chi connectivity index (χ0v) is 17.0. The van der Waals surface area contributed by atoms with Gasteiger partial charge in [0.1, 0.15) is 5.75 Å². The first-order valence-electron chi connectivity index (χ1n) is 10.6. The minimum absolute atomic E-state index is 0.0289. The lowest BCUT2D eigenvalue weighted by Gasteiger charge is -2.53. The number of ether oxygens (including phenoxy) is 1. The molecule has 0 spiro atoms. The van der Waals surface area contributed by atoms with Crippen LogP contribution in [0.5, 0.6) is 5.75 Å². The smallest absolute Gasteiger partial charge is 0.307 e. The van der Waals surface area contributed by atoms with E-state index in [1.54, 1.807) is 13.2 Å². The second-order valence-corrected chi connectivity index (χ2v) is 9.28. The van der Waals surface area contributed by atoms with Gasteiger partial charge < -0.3 is 14.9 Å². The Morgan fingerprint density at radius 3 is 2.82 bits per heavy atom. The summed E-state index contributed by atoms with van der Waals surface area (Å²) < 4.78 is 5.41. The molecule has 0 saturated heterocycles. The van der Waals surface area contributed by atoms with Crippen LogP contribution in [0.2, 0.25) is 0 Å². The maximum Gasteiger partial charge on any atom is 0.307 e. The molecule has 4 rings (SSSR count). The predicted molar refractivity (Wildman–Crippen MR) is 109 cm³/mol. The summed E-state index contributed by atoms with van der Waals surface area (Å²) in [5.74, 6) is 1.90. The standard InChI is InChI=1S/C24H32O4/c1-23-13-10-19-18-9-7-17(28-2)15-16(18)6-8-20(19)21(23)11-14-24(23,27)12-4-3-5-22(25)26/h3-4,7,9,15,19-21,27H,5-6,8,10-14H2,1-2H3,(H,25,26)/b4-3+/t19-,20-,21+,23+,24+/m1/s1. The van der Waals surface area contributed by atoms with Crippen LogP contribution in [0, 0.1) is 17.3 Å². The lowest BCUT2D eigenvalue weighted by Crippen LogP contribution is -2.50. The molecule has 0 unspecified atom stereocenters. The molecule has 152 valence electrons. The van der Waals surface area contributed by atoms with Crippen molar-refractivity contribution in [3.8, 4) is 5.75 Å². The third-order valence-electron chi connectivity index (χ3n) is 8.17. The van der Waals surface area contributed by atoms with E-state index in [1.807, 2.05) is 6.08 Å². The van der Waals surface area contributed by atoms with Gasteiger partial charge in [0.05, 0.1) is 19.1 Å². The van der Waals surface area contributed by atoms with Gasteiger partial charge in [-0.15, -0.1) is 0 Å². The van der Waals surface area contributed by atoms with Crippen molar-refractivity contribution >= 4 is 5.97 Å². The number of carboxylic acids is 1. The summed E-state index contributed by atoms with van der Waals surface area (Å²) in [7, 11) is 1.73. The Morgan fingerprint density at radius 2 is 2.07 bits per heavy atom. The van der Waals surface area contributed by atoms with E-state index in [0.29, 0.717) is 24.2 Å². The predicted octanol–water partition coefficient (Wildman–Crippen LogP) is 4.70. The number of hydrogen-bond acceptors (Lipinski definition) is 3. The summed E-state index contributed by atoms with van der Waals surface area (Å²) in [4.78, 5) is 10.7. The van der Waals surface area contributed by atoms with Crippen LogP contribution in [0.15, 0.2) is 30.4 Å².